The van der Waals surface area contributed by atoms with Gasteiger partial charge in [0, 0.05) is 12.1 Å². The fourth-order valence-electron chi connectivity index (χ4n) is 3.86. The Balaban J connectivity index is 2.08. The van der Waals surface area contributed by atoms with Crippen molar-refractivity contribution in [3.63, 3.8) is 0 Å². The van der Waals surface area contributed by atoms with Gasteiger partial charge in [-0.25, -0.2) is 0 Å². The third kappa shape index (κ3) is 4.94. The summed E-state index contributed by atoms with van der Waals surface area (Å²) < 4.78 is 10.8. The molecule has 0 radical (unpaired) electrons. The summed E-state index contributed by atoms with van der Waals surface area (Å²) in [6.07, 6.45) is 0.701. The number of rotatable bonds is 9. The van der Waals surface area contributed by atoms with Crippen LogP contribution in [0.1, 0.15) is 30.5 Å². The Labute approximate surface area is 188 Å². The van der Waals surface area contributed by atoms with Gasteiger partial charge in [0.05, 0.1) is 25.3 Å². The van der Waals surface area contributed by atoms with Gasteiger partial charge in [-0.1, -0.05) is 24.3 Å². The lowest BCUT2D eigenvalue weighted by Crippen LogP contribution is -2.32. The molecule has 0 aromatic heterocycles. The van der Waals surface area contributed by atoms with E-state index >= 15 is 0 Å². The quantitative estimate of drug-likeness (QED) is 0.367. The molecule has 7 heteroatoms. The highest BCUT2D eigenvalue weighted by atomic mass is 16.5. The van der Waals surface area contributed by atoms with E-state index in [9.17, 15) is 14.7 Å². The van der Waals surface area contributed by atoms with Crippen LogP contribution in [0.25, 0.3) is 5.76 Å². The number of hydrogen-bond donors (Lipinski definition) is 1. The average molecular weight is 439 g/mol. The topological polar surface area (TPSA) is 79.3 Å². The molecule has 1 amide bonds. The molecule has 0 bridgehead atoms. The molecule has 2 aromatic rings. The molecule has 2 aromatic carbocycles. The summed E-state index contributed by atoms with van der Waals surface area (Å²) in [5, 5.41) is 11.2. The monoisotopic (exact) mass is 438 g/mol. The molecule has 0 aliphatic carbocycles. The highest BCUT2D eigenvalue weighted by molar-refractivity contribution is 6.46. The van der Waals surface area contributed by atoms with Crippen molar-refractivity contribution in [1.82, 2.24) is 9.80 Å². The number of likely N-dealkylation sites (tertiary alicyclic amines) is 1. The summed E-state index contributed by atoms with van der Waals surface area (Å²) in [6, 6.07) is 13.4. The molecule has 1 fully saturated rings. The molecule has 3 rings (SSSR count). The highest BCUT2D eigenvalue weighted by Crippen LogP contribution is 2.40. The number of carbonyl (C=O) groups excluding carboxylic acids is 2. The number of benzene rings is 2. The van der Waals surface area contributed by atoms with Crippen molar-refractivity contribution in [2.45, 2.75) is 19.4 Å². The number of amides is 1. The van der Waals surface area contributed by atoms with Gasteiger partial charge in [-0.15, -0.1) is 0 Å². The Morgan fingerprint density at radius 3 is 2.44 bits per heavy atom. The fourth-order valence-corrected chi connectivity index (χ4v) is 3.86. The van der Waals surface area contributed by atoms with Gasteiger partial charge in [0.25, 0.3) is 11.7 Å². The third-order valence-corrected chi connectivity index (χ3v) is 5.39. The number of methoxy groups -OCH3 is 1. The minimum atomic E-state index is -0.685. The van der Waals surface area contributed by atoms with Crippen molar-refractivity contribution in [3.8, 4) is 11.5 Å². The zero-order valence-corrected chi connectivity index (χ0v) is 19.0. The summed E-state index contributed by atoms with van der Waals surface area (Å²) in [5.74, 6) is -0.247. The first-order valence-corrected chi connectivity index (χ1v) is 10.7. The van der Waals surface area contributed by atoms with Gasteiger partial charge in [0.1, 0.15) is 17.3 Å². The number of carbonyl (C=O) groups is 2. The van der Waals surface area contributed by atoms with Crippen LogP contribution < -0.4 is 9.47 Å². The van der Waals surface area contributed by atoms with Crippen LogP contribution >= 0.6 is 0 Å². The first-order valence-electron chi connectivity index (χ1n) is 10.7. The number of aliphatic hydroxyl groups is 1. The van der Waals surface area contributed by atoms with Gasteiger partial charge in [-0.3, -0.25) is 9.59 Å². The van der Waals surface area contributed by atoms with Crippen molar-refractivity contribution in [3.05, 3.63) is 65.2 Å². The van der Waals surface area contributed by atoms with Crippen LogP contribution in [-0.4, -0.2) is 67.5 Å². The summed E-state index contributed by atoms with van der Waals surface area (Å²) in [5.41, 5.74) is 1.25. The van der Waals surface area contributed by atoms with Gasteiger partial charge in [-0.2, -0.15) is 0 Å². The van der Waals surface area contributed by atoms with E-state index in [1.54, 1.807) is 48.4 Å². The number of ketones is 1. The van der Waals surface area contributed by atoms with E-state index in [1.165, 1.54) is 0 Å². The number of nitrogens with zero attached hydrogens (tertiary/aromatic N) is 2. The van der Waals surface area contributed by atoms with Crippen molar-refractivity contribution in [1.29, 1.82) is 0 Å². The van der Waals surface area contributed by atoms with Gasteiger partial charge >= 0.3 is 0 Å². The Bertz CT molecular complexity index is 998. The zero-order valence-electron chi connectivity index (χ0n) is 19.0. The predicted molar refractivity (Wildman–Crippen MR) is 123 cm³/mol. The van der Waals surface area contributed by atoms with Gasteiger partial charge in [-0.05, 0) is 63.8 Å². The Hall–Kier alpha value is -3.32. The summed E-state index contributed by atoms with van der Waals surface area (Å²) in [7, 11) is 5.49. The Morgan fingerprint density at radius 2 is 1.81 bits per heavy atom. The number of Topliss-reactive ketones (excluding diaryl/α,β-unsaturated/α-hetero) is 1. The lowest BCUT2D eigenvalue weighted by molar-refractivity contribution is -0.139. The Kier molecular flexibility index (Phi) is 7.53. The molecule has 1 unspecified atom stereocenters. The predicted octanol–water partition coefficient (Wildman–Crippen LogP) is 3.47. The second-order valence-electron chi connectivity index (χ2n) is 7.88. The first kappa shape index (κ1) is 23.3. The van der Waals surface area contributed by atoms with E-state index in [0.29, 0.717) is 36.6 Å². The van der Waals surface area contributed by atoms with Crippen LogP contribution in [0.5, 0.6) is 11.5 Å². The number of aliphatic hydroxyl groups excluding tert-OH is 1. The van der Waals surface area contributed by atoms with Crippen LogP contribution in [0.3, 0.4) is 0 Å². The zero-order chi connectivity index (χ0) is 23.3. The van der Waals surface area contributed by atoms with E-state index in [4.69, 9.17) is 9.47 Å². The van der Waals surface area contributed by atoms with Gasteiger partial charge < -0.3 is 24.4 Å². The third-order valence-electron chi connectivity index (χ3n) is 5.39. The maximum absolute atomic E-state index is 13.1. The van der Waals surface area contributed by atoms with Gasteiger partial charge in [0.2, 0.25) is 0 Å². The number of hydrogen-bond acceptors (Lipinski definition) is 6. The maximum Gasteiger partial charge on any atom is 0.295 e. The molecule has 1 N–H and O–H groups in total. The Morgan fingerprint density at radius 1 is 1.09 bits per heavy atom. The van der Waals surface area contributed by atoms with Crippen molar-refractivity contribution < 1.29 is 24.2 Å². The SMILES string of the molecule is CCOc1cccc(C(O)=C2C(=O)C(=O)N(CCCN(C)C)C2c2ccc(OC)cc2)c1. The molecule has 1 heterocycles. The second kappa shape index (κ2) is 10.3. The van der Waals surface area contributed by atoms with Crippen molar-refractivity contribution in [2.24, 2.45) is 0 Å². The van der Waals surface area contributed by atoms with E-state index < -0.39 is 17.7 Å². The fraction of sp³-hybridized carbons (Fsp3) is 0.360. The van der Waals surface area contributed by atoms with E-state index in [-0.39, 0.29) is 11.3 Å². The average Bonchev–Trinajstić information content (AvgIpc) is 3.04. The molecule has 7 nitrogen and oxygen atoms in total. The molecule has 32 heavy (non-hydrogen) atoms. The van der Waals surface area contributed by atoms with Crippen LogP contribution in [0.15, 0.2) is 54.1 Å². The smallest absolute Gasteiger partial charge is 0.295 e. The summed E-state index contributed by atoms with van der Waals surface area (Å²) >= 11 is 0. The van der Waals surface area contributed by atoms with Crippen molar-refractivity contribution in [2.75, 3.05) is 40.9 Å². The molecule has 1 aliphatic rings. The highest BCUT2D eigenvalue weighted by Gasteiger charge is 2.45. The summed E-state index contributed by atoms with van der Waals surface area (Å²) in [4.78, 5) is 29.6. The molecule has 1 aliphatic heterocycles. The largest absolute Gasteiger partial charge is 0.507 e. The minimum absolute atomic E-state index is 0.0821. The lowest BCUT2D eigenvalue weighted by atomic mass is 9.95. The van der Waals surface area contributed by atoms with Crippen molar-refractivity contribution >= 4 is 17.4 Å². The minimum Gasteiger partial charge on any atom is -0.507 e. The van der Waals surface area contributed by atoms with Crippen LogP contribution in [0.2, 0.25) is 0 Å². The van der Waals surface area contributed by atoms with Gasteiger partial charge in [0.15, 0.2) is 0 Å². The lowest BCUT2D eigenvalue weighted by Gasteiger charge is -2.26. The first-order chi connectivity index (χ1) is 15.4. The van der Waals surface area contributed by atoms with E-state index in [0.717, 1.165) is 12.1 Å². The molecular weight excluding hydrogens is 408 g/mol. The number of ether oxygens (including phenoxy) is 2. The summed E-state index contributed by atoms with van der Waals surface area (Å²) in [6.45, 7) is 3.52. The second-order valence-corrected chi connectivity index (χ2v) is 7.88. The molecular formula is C25H30N2O5. The van der Waals surface area contributed by atoms with Crippen LogP contribution in [0, 0.1) is 0 Å². The standard InChI is InChI=1S/C25H30N2O5/c1-5-32-20-9-6-8-18(16-20)23(28)21-22(17-10-12-19(31-4)13-11-17)27(25(30)24(21)29)15-7-14-26(2)3/h6,8-13,16,22,28H,5,7,14-15H2,1-4H3. The van der Waals surface area contributed by atoms with E-state index in [1.807, 2.05) is 38.1 Å². The van der Waals surface area contributed by atoms with Crippen LogP contribution in [0.4, 0.5) is 0 Å². The normalized spacial score (nSPS) is 17.8. The molecule has 0 saturated carbocycles. The molecule has 1 saturated heterocycles. The molecule has 0 spiro atoms. The maximum atomic E-state index is 13.1. The molecule has 170 valence electrons. The molecule has 1 atom stereocenters. The van der Waals surface area contributed by atoms with Crippen LogP contribution in [-0.2, 0) is 9.59 Å². The van der Waals surface area contributed by atoms with E-state index in [2.05, 4.69) is 0 Å².